The number of nitrogens with one attached hydrogen (secondary N) is 2. The van der Waals surface area contributed by atoms with Gasteiger partial charge in [0.15, 0.2) is 0 Å². The molecule has 148 valence electrons. The summed E-state index contributed by atoms with van der Waals surface area (Å²) in [7, 11) is 0. The average molecular weight is 437 g/mol. The lowest BCUT2D eigenvalue weighted by atomic mass is 10.1. The smallest absolute Gasteiger partial charge is 0.307 e. The maximum atomic E-state index is 12.4. The number of piperazine rings is 1. The number of nitrogens with zero attached hydrogens (tertiary/aromatic N) is 1. The van der Waals surface area contributed by atoms with Crippen LogP contribution in [-0.2, 0) is 19.1 Å². The van der Waals surface area contributed by atoms with Crippen LogP contribution < -0.4 is 10.6 Å². The van der Waals surface area contributed by atoms with Crippen molar-refractivity contribution in [1.82, 2.24) is 10.2 Å². The van der Waals surface area contributed by atoms with Gasteiger partial charge in [-0.2, -0.15) is 0 Å². The number of benzene rings is 1. The van der Waals surface area contributed by atoms with Crippen LogP contribution in [0.3, 0.4) is 0 Å². The van der Waals surface area contributed by atoms with Gasteiger partial charge >= 0.3 is 5.97 Å². The van der Waals surface area contributed by atoms with E-state index in [4.69, 9.17) is 39.5 Å². The zero-order valence-corrected chi connectivity index (χ0v) is 17.0. The molecule has 0 bridgehead atoms. The number of hydrogen-bond acceptors (Lipinski definition) is 5. The summed E-state index contributed by atoms with van der Waals surface area (Å²) in [6, 6.07) is 2.12. The Bertz CT molecular complexity index is 730. The number of carbonyl (C=O) groups excluding carboxylic acids is 3. The monoisotopic (exact) mass is 435 g/mol. The van der Waals surface area contributed by atoms with E-state index in [1.54, 1.807) is 4.90 Å². The van der Waals surface area contributed by atoms with E-state index in [1.807, 2.05) is 6.92 Å². The molecular formula is C17H20Cl3N3O4. The van der Waals surface area contributed by atoms with Crippen molar-refractivity contribution in [3.63, 3.8) is 0 Å². The van der Waals surface area contributed by atoms with Crippen LogP contribution in [0.5, 0.6) is 0 Å². The standard InChI is InChI=1S/C17H20Cl3N3O4/c1-2-5-27-16(25)8-14-17(26)21-3-4-23(14)9-15(24)22-13-7-11(19)10(18)6-12(13)20/h6-7,14H,2-5,8-9H2,1H3,(H,21,26)(H,22,24). The highest BCUT2D eigenvalue weighted by molar-refractivity contribution is 6.44. The fourth-order valence-corrected chi connectivity index (χ4v) is 3.19. The highest BCUT2D eigenvalue weighted by atomic mass is 35.5. The predicted molar refractivity (Wildman–Crippen MR) is 104 cm³/mol. The van der Waals surface area contributed by atoms with Gasteiger partial charge in [0.05, 0.1) is 40.3 Å². The van der Waals surface area contributed by atoms with Gasteiger partial charge in [-0.05, 0) is 18.6 Å². The van der Waals surface area contributed by atoms with E-state index in [0.717, 1.165) is 0 Å². The van der Waals surface area contributed by atoms with Gasteiger partial charge in [-0.25, -0.2) is 0 Å². The molecule has 1 aliphatic heterocycles. The van der Waals surface area contributed by atoms with Gasteiger partial charge in [-0.15, -0.1) is 0 Å². The third-order valence-electron chi connectivity index (χ3n) is 3.90. The Morgan fingerprint density at radius 2 is 1.96 bits per heavy atom. The van der Waals surface area contributed by atoms with E-state index in [1.165, 1.54) is 12.1 Å². The Kier molecular flexibility index (Phi) is 8.16. The van der Waals surface area contributed by atoms with E-state index in [0.29, 0.717) is 31.8 Å². The molecule has 1 heterocycles. The number of rotatable bonds is 7. The van der Waals surface area contributed by atoms with Gasteiger partial charge in [0.1, 0.15) is 6.04 Å². The molecule has 1 unspecified atom stereocenters. The van der Waals surface area contributed by atoms with Gasteiger partial charge in [0.25, 0.3) is 0 Å². The first kappa shape index (κ1) is 21.8. The second kappa shape index (κ2) is 10.1. The Balaban J connectivity index is 2.02. The molecule has 2 N–H and O–H groups in total. The second-order valence-electron chi connectivity index (χ2n) is 6.00. The molecule has 1 aromatic carbocycles. The normalized spacial score (nSPS) is 17.3. The lowest BCUT2D eigenvalue weighted by Crippen LogP contribution is -2.57. The zero-order chi connectivity index (χ0) is 20.0. The summed E-state index contributed by atoms with van der Waals surface area (Å²) in [5, 5.41) is 6.12. The molecule has 2 rings (SSSR count). The summed E-state index contributed by atoms with van der Waals surface area (Å²) in [6.45, 7) is 2.91. The fraction of sp³-hybridized carbons (Fsp3) is 0.471. The van der Waals surface area contributed by atoms with Crippen LogP contribution in [-0.4, -0.2) is 55.0 Å². The van der Waals surface area contributed by atoms with Crippen molar-refractivity contribution in [2.75, 3.05) is 31.6 Å². The summed E-state index contributed by atoms with van der Waals surface area (Å²) in [5.74, 6) is -1.18. The van der Waals surface area contributed by atoms with Crippen molar-refractivity contribution < 1.29 is 19.1 Å². The topological polar surface area (TPSA) is 87.7 Å². The molecule has 0 aliphatic carbocycles. The number of anilines is 1. The lowest BCUT2D eigenvalue weighted by Gasteiger charge is -2.33. The minimum atomic E-state index is -0.766. The summed E-state index contributed by atoms with van der Waals surface area (Å²) >= 11 is 17.9. The summed E-state index contributed by atoms with van der Waals surface area (Å²) in [6.07, 6.45) is 0.575. The first-order valence-electron chi connectivity index (χ1n) is 8.43. The number of ether oxygens (including phenoxy) is 1. The highest BCUT2D eigenvalue weighted by Gasteiger charge is 2.33. The molecule has 10 heteroatoms. The number of halogens is 3. The molecule has 1 fully saturated rings. The van der Waals surface area contributed by atoms with Crippen LogP contribution in [0.4, 0.5) is 5.69 Å². The minimum Gasteiger partial charge on any atom is -0.466 e. The fourth-order valence-electron chi connectivity index (χ4n) is 2.60. The Morgan fingerprint density at radius 3 is 2.67 bits per heavy atom. The highest BCUT2D eigenvalue weighted by Crippen LogP contribution is 2.32. The second-order valence-corrected chi connectivity index (χ2v) is 7.22. The predicted octanol–water partition coefficient (Wildman–Crippen LogP) is 2.73. The van der Waals surface area contributed by atoms with Crippen molar-refractivity contribution in [3.05, 3.63) is 27.2 Å². The number of hydrogen-bond donors (Lipinski definition) is 2. The van der Waals surface area contributed by atoms with E-state index in [9.17, 15) is 14.4 Å². The van der Waals surface area contributed by atoms with E-state index in [2.05, 4.69) is 10.6 Å². The van der Waals surface area contributed by atoms with Gasteiger partial charge < -0.3 is 15.4 Å². The average Bonchev–Trinajstić information content (AvgIpc) is 2.60. The number of esters is 1. The van der Waals surface area contributed by atoms with Crippen LogP contribution in [0.2, 0.25) is 15.1 Å². The van der Waals surface area contributed by atoms with Crippen LogP contribution >= 0.6 is 34.8 Å². The van der Waals surface area contributed by atoms with Crippen LogP contribution in [0.25, 0.3) is 0 Å². The number of amides is 2. The molecule has 2 amide bonds. The van der Waals surface area contributed by atoms with Gasteiger partial charge in [-0.3, -0.25) is 19.3 Å². The molecule has 1 aliphatic rings. The van der Waals surface area contributed by atoms with Crippen LogP contribution in [0.15, 0.2) is 12.1 Å². The molecule has 0 spiro atoms. The first-order chi connectivity index (χ1) is 12.8. The largest absolute Gasteiger partial charge is 0.466 e. The molecular weight excluding hydrogens is 417 g/mol. The van der Waals surface area contributed by atoms with Crippen LogP contribution in [0.1, 0.15) is 19.8 Å². The molecule has 27 heavy (non-hydrogen) atoms. The molecule has 0 radical (unpaired) electrons. The van der Waals surface area contributed by atoms with Gasteiger partial charge in [0.2, 0.25) is 11.8 Å². The van der Waals surface area contributed by atoms with Crippen molar-refractivity contribution in [2.45, 2.75) is 25.8 Å². The molecule has 1 aromatic rings. The van der Waals surface area contributed by atoms with E-state index < -0.39 is 17.9 Å². The zero-order valence-electron chi connectivity index (χ0n) is 14.7. The molecule has 0 aromatic heterocycles. The quantitative estimate of drug-likeness (QED) is 0.507. The minimum absolute atomic E-state index is 0.0876. The van der Waals surface area contributed by atoms with Crippen molar-refractivity contribution in [2.24, 2.45) is 0 Å². The molecule has 1 saturated heterocycles. The number of carbonyl (C=O) groups is 3. The van der Waals surface area contributed by atoms with Crippen molar-refractivity contribution in [1.29, 1.82) is 0 Å². The van der Waals surface area contributed by atoms with E-state index >= 15 is 0 Å². The maximum Gasteiger partial charge on any atom is 0.307 e. The molecule has 7 nitrogen and oxygen atoms in total. The summed E-state index contributed by atoms with van der Waals surface area (Å²) in [5.41, 5.74) is 0.316. The van der Waals surface area contributed by atoms with Gasteiger partial charge in [0, 0.05) is 13.1 Å². The lowest BCUT2D eigenvalue weighted by molar-refractivity contribution is -0.148. The SMILES string of the molecule is CCCOC(=O)CC1C(=O)NCCN1CC(=O)Nc1cc(Cl)c(Cl)cc1Cl. The molecule has 0 saturated carbocycles. The van der Waals surface area contributed by atoms with E-state index in [-0.39, 0.29) is 33.9 Å². The Hall–Kier alpha value is -1.54. The Labute approximate surface area is 172 Å². The third kappa shape index (κ3) is 6.24. The van der Waals surface area contributed by atoms with Crippen molar-refractivity contribution >= 4 is 58.3 Å². The maximum absolute atomic E-state index is 12.4. The van der Waals surface area contributed by atoms with Crippen LogP contribution in [0, 0.1) is 0 Å². The summed E-state index contributed by atoms with van der Waals surface area (Å²) < 4.78 is 5.04. The Morgan fingerprint density at radius 1 is 1.26 bits per heavy atom. The van der Waals surface area contributed by atoms with Gasteiger partial charge in [-0.1, -0.05) is 41.7 Å². The third-order valence-corrected chi connectivity index (χ3v) is 4.93. The first-order valence-corrected chi connectivity index (χ1v) is 9.57. The van der Waals surface area contributed by atoms with Crippen molar-refractivity contribution in [3.8, 4) is 0 Å². The summed E-state index contributed by atoms with van der Waals surface area (Å²) in [4.78, 5) is 38.1. The molecule has 1 atom stereocenters.